The Morgan fingerprint density at radius 3 is 2.32 bits per heavy atom. The van der Waals surface area contributed by atoms with E-state index in [1.165, 1.54) is 12.8 Å². The van der Waals surface area contributed by atoms with Crippen LogP contribution in [0, 0.1) is 0 Å². The molecule has 1 aromatic heterocycles. The van der Waals surface area contributed by atoms with Crippen molar-refractivity contribution in [2.45, 2.75) is 90.3 Å². The number of carbonyl (C=O) groups excluding carboxylic acids is 1. The summed E-state index contributed by atoms with van der Waals surface area (Å²) < 4.78 is 0. The molecule has 0 unspecified atom stereocenters. The van der Waals surface area contributed by atoms with Gasteiger partial charge < -0.3 is 15.1 Å². The highest BCUT2D eigenvalue weighted by molar-refractivity contribution is 5.92. The Balaban J connectivity index is 1.79. The van der Waals surface area contributed by atoms with Gasteiger partial charge >= 0.3 is 0 Å². The molecule has 3 heterocycles. The number of hydrogen-bond acceptors (Lipinski definition) is 5. The molecular formula is C22H37N5O. The maximum absolute atomic E-state index is 13.4. The smallest absolute Gasteiger partial charge is 0.274 e. The predicted molar refractivity (Wildman–Crippen MR) is 114 cm³/mol. The molecule has 2 aliphatic rings. The predicted octanol–water partition coefficient (Wildman–Crippen LogP) is 3.63. The van der Waals surface area contributed by atoms with Crippen molar-refractivity contribution in [3.63, 3.8) is 0 Å². The minimum Gasteiger partial charge on any atom is -0.355 e. The first-order chi connectivity index (χ1) is 13.2. The number of nitrogens with one attached hydrogen (secondary N) is 1. The van der Waals surface area contributed by atoms with E-state index in [0.29, 0.717) is 5.69 Å². The highest BCUT2D eigenvalue weighted by atomic mass is 16.2. The van der Waals surface area contributed by atoms with Gasteiger partial charge in [0.2, 0.25) is 0 Å². The van der Waals surface area contributed by atoms with E-state index >= 15 is 0 Å². The molecule has 3 rings (SSSR count). The van der Waals surface area contributed by atoms with Crippen molar-refractivity contribution < 1.29 is 4.79 Å². The van der Waals surface area contributed by atoms with Crippen LogP contribution in [0.25, 0.3) is 0 Å². The molecule has 0 atom stereocenters. The number of nitrogens with zero attached hydrogens (tertiary/aromatic N) is 4. The van der Waals surface area contributed by atoms with Crippen molar-refractivity contribution in [1.82, 2.24) is 20.4 Å². The zero-order chi connectivity index (χ0) is 20.4. The lowest BCUT2D eigenvalue weighted by Crippen LogP contribution is -2.63. The fraction of sp³-hybridized carbons (Fsp3) is 0.773. The molecule has 1 aromatic rings. The number of aromatic nitrogens is 2. The topological polar surface area (TPSA) is 61.4 Å². The third-order valence-corrected chi connectivity index (χ3v) is 5.92. The van der Waals surface area contributed by atoms with Gasteiger partial charge in [0.25, 0.3) is 5.91 Å². The molecule has 0 saturated carbocycles. The summed E-state index contributed by atoms with van der Waals surface area (Å²) in [5.41, 5.74) is 0.471. The lowest BCUT2D eigenvalue weighted by molar-refractivity contribution is 0.0435. The normalized spacial score (nSPS) is 21.7. The van der Waals surface area contributed by atoms with E-state index in [1.54, 1.807) is 0 Å². The first-order valence-corrected chi connectivity index (χ1v) is 10.9. The van der Waals surface area contributed by atoms with Crippen LogP contribution in [0.1, 0.15) is 83.6 Å². The maximum Gasteiger partial charge on any atom is 0.274 e. The molecule has 2 aliphatic heterocycles. The first kappa shape index (κ1) is 21.0. The van der Waals surface area contributed by atoms with E-state index in [0.717, 1.165) is 51.1 Å². The van der Waals surface area contributed by atoms with Gasteiger partial charge in [-0.25, -0.2) is 0 Å². The number of anilines is 1. The van der Waals surface area contributed by atoms with E-state index in [-0.39, 0.29) is 23.0 Å². The summed E-state index contributed by atoms with van der Waals surface area (Å²) in [5.74, 6) is 0.908. The second kappa shape index (κ2) is 8.36. The highest BCUT2D eigenvalue weighted by Crippen LogP contribution is 2.32. The van der Waals surface area contributed by atoms with Gasteiger partial charge in [-0.15, -0.1) is 10.2 Å². The highest BCUT2D eigenvalue weighted by Gasteiger charge is 2.41. The molecule has 156 valence electrons. The number of unbranched alkanes of at least 4 members (excludes halogenated alkanes) is 1. The lowest BCUT2D eigenvalue weighted by Gasteiger charge is -2.49. The number of amides is 1. The molecular weight excluding hydrogens is 350 g/mol. The van der Waals surface area contributed by atoms with E-state index < -0.39 is 0 Å². The number of rotatable bonds is 6. The summed E-state index contributed by atoms with van der Waals surface area (Å²) >= 11 is 0. The Labute approximate surface area is 170 Å². The third kappa shape index (κ3) is 5.02. The van der Waals surface area contributed by atoms with Crippen LogP contribution in [0.4, 0.5) is 5.82 Å². The van der Waals surface area contributed by atoms with Crippen LogP contribution >= 0.6 is 0 Å². The van der Waals surface area contributed by atoms with Gasteiger partial charge in [-0.2, -0.15) is 0 Å². The molecule has 6 heteroatoms. The zero-order valence-electron chi connectivity index (χ0n) is 18.3. The van der Waals surface area contributed by atoms with Gasteiger partial charge in [-0.1, -0.05) is 13.3 Å². The Morgan fingerprint density at radius 1 is 1.14 bits per heavy atom. The molecule has 1 amide bonds. The lowest BCUT2D eigenvalue weighted by atomic mass is 9.79. The van der Waals surface area contributed by atoms with Gasteiger partial charge in [0.1, 0.15) is 0 Å². The van der Waals surface area contributed by atoms with Crippen LogP contribution in [0.5, 0.6) is 0 Å². The molecule has 1 N–H and O–H groups in total. The standard InChI is InChI=1S/C22H37N5O/c1-6-7-14-27(17-15-21(2,3)25-22(4,5)16-17)20(28)18-10-11-19(24-23-18)26-12-8-9-13-26/h10-11,17,25H,6-9,12-16H2,1-5H3. The molecule has 28 heavy (non-hydrogen) atoms. The summed E-state index contributed by atoms with van der Waals surface area (Å²) in [6.07, 6.45) is 6.39. The van der Waals surface area contributed by atoms with E-state index in [2.05, 4.69) is 59.9 Å². The Hall–Kier alpha value is -1.69. The molecule has 0 spiro atoms. The SMILES string of the molecule is CCCCN(C(=O)c1ccc(N2CCCC2)nn1)C1CC(C)(C)NC(C)(C)C1. The van der Waals surface area contributed by atoms with Crippen LogP contribution in [0.15, 0.2) is 12.1 Å². The van der Waals surface area contributed by atoms with Crippen molar-refractivity contribution in [2.75, 3.05) is 24.5 Å². The second-order valence-electron chi connectivity index (χ2n) is 9.78. The molecule has 6 nitrogen and oxygen atoms in total. The van der Waals surface area contributed by atoms with Crippen molar-refractivity contribution in [1.29, 1.82) is 0 Å². The summed E-state index contributed by atoms with van der Waals surface area (Å²) in [4.78, 5) is 17.7. The van der Waals surface area contributed by atoms with E-state index in [4.69, 9.17) is 0 Å². The molecule has 0 aliphatic carbocycles. The van der Waals surface area contributed by atoms with Gasteiger partial charge in [0.15, 0.2) is 11.5 Å². The number of hydrogen-bond donors (Lipinski definition) is 1. The first-order valence-electron chi connectivity index (χ1n) is 10.9. The minimum absolute atomic E-state index is 0.00243. The molecule has 0 bridgehead atoms. The quantitative estimate of drug-likeness (QED) is 0.808. The maximum atomic E-state index is 13.4. The minimum atomic E-state index is 0.00243. The summed E-state index contributed by atoms with van der Waals surface area (Å²) in [7, 11) is 0. The summed E-state index contributed by atoms with van der Waals surface area (Å²) in [6, 6.07) is 4.03. The Bertz CT molecular complexity index is 648. The van der Waals surface area contributed by atoms with Crippen molar-refractivity contribution in [3.05, 3.63) is 17.8 Å². The molecule has 0 radical (unpaired) electrons. The average Bonchev–Trinajstić information content (AvgIpc) is 3.14. The van der Waals surface area contributed by atoms with E-state index in [1.807, 2.05) is 12.1 Å². The summed E-state index contributed by atoms with van der Waals surface area (Å²) in [5, 5.41) is 12.4. The fourth-order valence-electron chi connectivity index (χ4n) is 4.97. The molecule has 2 fully saturated rings. The monoisotopic (exact) mass is 387 g/mol. The third-order valence-electron chi connectivity index (χ3n) is 5.92. The van der Waals surface area contributed by atoms with Crippen LogP contribution in [0.3, 0.4) is 0 Å². The Kier molecular flexibility index (Phi) is 6.28. The van der Waals surface area contributed by atoms with Gasteiger partial charge in [-0.3, -0.25) is 4.79 Å². The van der Waals surface area contributed by atoms with Crippen molar-refractivity contribution in [3.8, 4) is 0 Å². The number of carbonyl (C=O) groups is 1. The van der Waals surface area contributed by atoms with Crippen LogP contribution < -0.4 is 10.2 Å². The largest absolute Gasteiger partial charge is 0.355 e. The summed E-state index contributed by atoms with van der Waals surface area (Å²) in [6.45, 7) is 13.9. The van der Waals surface area contributed by atoms with Gasteiger partial charge in [0, 0.05) is 36.8 Å². The average molecular weight is 388 g/mol. The molecule has 0 aromatic carbocycles. The van der Waals surface area contributed by atoms with Crippen LogP contribution in [-0.4, -0.2) is 57.8 Å². The van der Waals surface area contributed by atoms with Crippen LogP contribution in [-0.2, 0) is 0 Å². The van der Waals surface area contributed by atoms with E-state index in [9.17, 15) is 4.79 Å². The van der Waals surface area contributed by atoms with Crippen molar-refractivity contribution >= 4 is 11.7 Å². The van der Waals surface area contributed by atoms with Crippen molar-refractivity contribution in [2.24, 2.45) is 0 Å². The van der Waals surface area contributed by atoms with Crippen LogP contribution in [0.2, 0.25) is 0 Å². The number of piperidine rings is 1. The second-order valence-corrected chi connectivity index (χ2v) is 9.78. The molecule has 2 saturated heterocycles. The fourth-order valence-corrected chi connectivity index (χ4v) is 4.97. The van der Waals surface area contributed by atoms with Gasteiger partial charge in [-0.05, 0) is 71.9 Å². The Morgan fingerprint density at radius 2 is 1.79 bits per heavy atom. The zero-order valence-corrected chi connectivity index (χ0v) is 18.3. The van der Waals surface area contributed by atoms with Gasteiger partial charge in [0.05, 0.1) is 0 Å².